The average Bonchev–Trinajstić information content (AvgIpc) is 2.77. The van der Waals surface area contributed by atoms with Crippen LogP contribution in [0.3, 0.4) is 0 Å². The fraction of sp³-hybridized carbons (Fsp3) is 0.778. The highest BCUT2D eigenvalue weighted by Crippen LogP contribution is 2.15. The fourth-order valence-electron chi connectivity index (χ4n) is 3.56. The number of hydrogen-bond acceptors (Lipinski definition) is 3. The van der Waals surface area contributed by atoms with Gasteiger partial charge < -0.3 is 14.2 Å². The normalized spacial score (nSPS) is 11.1. The quantitative estimate of drug-likeness (QED) is 0.179. The van der Waals surface area contributed by atoms with Gasteiger partial charge in [0.15, 0.2) is 0 Å². The SMILES string of the molecule is CCCCCCCCCc1ccc(OCCOCCOCCCCCCCC)cc1. The summed E-state index contributed by atoms with van der Waals surface area (Å²) in [4.78, 5) is 0. The van der Waals surface area contributed by atoms with E-state index in [1.54, 1.807) is 0 Å². The highest BCUT2D eigenvalue weighted by Gasteiger charge is 1.98. The predicted molar refractivity (Wildman–Crippen MR) is 129 cm³/mol. The van der Waals surface area contributed by atoms with E-state index in [0.717, 1.165) is 12.4 Å². The third-order valence-electron chi connectivity index (χ3n) is 5.50. The molecule has 1 aromatic rings. The first-order valence-electron chi connectivity index (χ1n) is 12.7. The maximum atomic E-state index is 5.77. The molecule has 0 saturated carbocycles. The van der Waals surface area contributed by atoms with E-state index in [4.69, 9.17) is 14.2 Å². The molecule has 3 nitrogen and oxygen atoms in total. The monoisotopic (exact) mass is 420 g/mol. The van der Waals surface area contributed by atoms with Crippen LogP contribution in [0.15, 0.2) is 24.3 Å². The van der Waals surface area contributed by atoms with Crippen molar-refractivity contribution in [3.05, 3.63) is 29.8 Å². The largest absolute Gasteiger partial charge is 0.491 e. The van der Waals surface area contributed by atoms with Crippen LogP contribution >= 0.6 is 0 Å². The lowest BCUT2D eigenvalue weighted by Gasteiger charge is -2.09. The molecule has 0 saturated heterocycles. The van der Waals surface area contributed by atoms with E-state index >= 15 is 0 Å². The first-order valence-corrected chi connectivity index (χ1v) is 12.7. The van der Waals surface area contributed by atoms with Gasteiger partial charge in [-0.25, -0.2) is 0 Å². The Bertz CT molecular complexity index is 458. The highest BCUT2D eigenvalue weighted by molar-refractivity contribution is 5.27. The third-order valence-corrected chi connectivity index (χ3v) is 5.50. The molecular formula is C27H48O3. The Morgan fingerprint density at radius 3 is 1.63 bits per heavy atom. The molecule has 0 fully saturated rings. The van der Waals surface area contributed by atoms with Crippen LogP contribution in [-0.2, 0) is 15.9 Å². The summed E-state index contributed by atoms with van der Waals surface area (Å²) in [6, 6.07) is 8.56. The predicted octanol–water partition coefficient (Wildman–Crippen LogP) is 7.75. The van der Waals surface area contributed by atoms with E-state index in [1.807, 2.05) is 0 Å². The van der Waals surface area contributed by atoms with Gasteiger partial charge in [0.25, 0.3) is 0 Å². The lowest BCUT2D eigenvalue weighted by Crippen LogP contribution is -2.11. The Morgan fingerprint density at radius 1 is 0.500 bits per heavy atom. The molecule has 174 valence electrons. The molecule has 1 aromatic carbocycles. The van der Waals surface area contributed by atoms with E-state index in [9.17, 15) is 0 Å². The lowest BCUT2D eigenvalue weighted by molar-refractivity contribution is 0.0352. The van der Waals surface area contributed by atoms with Crippen molar-refractivity contribution in [1.82, 2.24) is 0 Å². The number of aryl methyl sites for hydroxylation is 1. The van der Waals surface area contributed by atoms with Crippen molar-refractivity contribution in [1.29, 1.82) is 0 Å². The summed E-state index contributed by atoms with van der Waals surface area (Å²) in [6.07, 6.45) is 18.5. The smallest absolute Gasteiger partial charge is 0.119 e. The van der Waals surface area contributed by atoms with Gasteiger partial charge in [0.2, 0.25) is 0 Å². The molecule has 0 amide bonds. The number of unbranched alkanes of at least 4 members (excludes halogenated alkanes) is 11. The molecule has 0 spiro atoms. The molecule has 0 aliphatic heterocycles. The molecule has 3 heteroatoms. The van der Waals surface area contributed by atoms with E-state index < -0.39 is 0 Å². The van der Waals surface area contributed by atoms with Crippen molar-refractivity contribution in [2.75, 3.05) is 33.0 Å². The van der Waals surface area contributed by atoms with Crippen molar-refractivity contribution in [3.63, 3.8) is 0 Å². The molecule has 0 N–H and O–H groups in total. The Hall–Kier alpha value is -1.06. The number of benzene rings is 1. The van der Waals surface area contributed by atoms with Crippen LogP contribution in [0.2, 0.25) is 0 Å². The Morgan fingerprint density at radius 2 is 1.00 bits per heavy atom. The molecule has 0 atom stereocenters. The van der Waals surface area contributed by atoms with Gasteiger partial charge in [-0.1, -0.05) is 96.6 Å². The minimum Gasteiger partial charge on any atom is -0.491 e. The molecule has 1 rings (SSSR count). The van der Waals surface area contributed by atoms with Crippen LogP contribution in [-0.4, -0.2) is 33.0 Å². The van der Waals surface area contributed by atoms with Gasteiger partial charge in [-0.05, 0) is 37.0 Å². The van der Waals surface area contributed by atoms with Gasteiger partial charge in [0.05, 0.1) is 19.8 Å². The minimum absolute atomic E-state index is 0.592. The first-order chi connectivity index (χ1) is 14.9. The Labute approximate surface area is 186 Å². The van der Waals surface area contributed by atoms with Gasteiger partial charge in [-0.3, -0.25) is 0 Å². The number of ether oxygens (including phenoxy) is 3. The standard InChI is InChI=1S/C27H48O3/c1-3-5-7-9-11-12-14-16-26-17-19-27(20-18-26)30-25-24-29-23-22-28-21-15-13-10-8-6-4-2/h17-20H,3-16,21-25H2,1-2H3. The van der Waals surface area contributed by atoms with E-state index in [2.05, 4.69) is 38.1 Å². The van der Waals surface area contributed by atoms with Gasteiger partial charge in [-0.2, -0.15) is 0 Å². The molecule has 0 aliphatic carbocycles. The molecule has 30 heavy (non-hydrogen) atoms. The molecule has 0 heterocycles. The first kappa shape index (κ1) is 27.0. The van der Waals surface area contributed by atoms with Crippen LogP contribution in [0, 0.1) is 0 Å². The summed E-state index contributed by atoms with van der Waals surface area (Å²) >= 11 is 0. The Balaban J connectivity index is 1.89. The number of hydrogen-bond donors (Lipinski definition) is 0. The fourth-order valence-corrected chi connectivity index (χ4v) is 3.56. The summed E-state index contributed by atoms with van der Waals surface area (Å²) in [7, 11) is 0. The second-order valence-corrected chi connectivity index (χ2v) is 8.36. The molecule has 0 aliphatic rings. The molecule has 0 unspecified atom stereocenters. The molecule has 0 radical (unpaired) electrons. The summed E-state index contributed by atoms with van der Waals surface area (Å²) in [6.45, 7) is 7.92. The minimum atomic E-state index is 0.592. The van der Waals surface area contributed by atoms with E-state index in [1.165, 1.54) is 95.5 Å². The van der Waals surface area contributed by atoms with Gasteiger partial charge in [-0.15, -0.1) is 0 Å². The van der Waals surface area contributed by atoms with Crippen LogP contribution in [0.1, 0.15) is 103 Å². The molecule has 0 bridgehead atoms. The zero-order chi connectivity index (χ0) is 21.5. The van der Waals surface area contributed by atoms with Crippen LogP contribution < -0.4 is 4.74 Å². The van der Waals surface area contributed by atoms with E-state index in [-0.39, 0.29) is 0 Å². The summed E-state index contributed by atoms with van der Waals surface area (Å²) in [5.74, 6) is 0.932. The number of rotatable bonds is 22. The van der Waals surface area contributed by atoms with Gasteiger partial charge in [0, 0.05) is 6.61 Å². The zero-order valence-electron chi connectivity index (χ0n) is 20.0. The molecule has 0 aromatic heterocycles. The van der Waals surface area contributed by atoms with Gasteiger partial charge >= 0.3 is 0 Å². The zero-order valence-corrected chi connectivity index (χ0v) is 20.0. The topological polar surface area (TPSA) is 27.7 Å². The Kier molecular flexibility index (Phi) is 19.0. The average molecular weight is 421 g/mol. The van der Waals surface area contributed by atoms with E-state index in [0.29, 0.717) is 26.4 Å². The summed E-state index contributed by atoms with van der Waals surface area (Å²) < 4.78 is 17.0. The van der Waals surface area contributed by atoms with Gasteiger partial charge in [0.1, 0.15) is 12.4 Å². The van der Waals surface area contributed by atoms with Crippen molar-refractivity contribution in [3.8, 4) is 5.75 Å². The second kappa shape index (κ2) is 21.2. The molecular weight excluding hydrogens is 372 g/mol. The third kappa shape index (κ3) is 16.7. The highest BCUT2D eigenvalue weighted by atomic mass is 16.5. The van der Waals surface area contributed by atoms with Crippen LogP contribution in [0.5, 0.6) is 5.75 Å². The summed E-state index contributed by atoms with van der Waals surface area (Å²) in [5, 5.41) is 0. The van der Waals surface area contributed by atoms with Crippen LogP contribution in [0.25, 0.3) is 0 Å². The maximum absolute atomic E-state index is 5.77. The van der Waals surface area contributed by atoms with Crippen molar-refractivity contribution < 1.29 is 14.2 Å². The second-order valence-electron chi connectivity index (χ2n) is 8.36. The van der Waals surface area contributed by atoms with Crippen molar-refractivity contribution >= 4 is 0 Å². The van der Waals surface area contributed by atoms with Crippen molar-refractivity contribution in [2.45, 2.75) is 104 Å². The lowest BCUT2D eigenvalue weighted by atomic mass is 10.0. The van der Waals surface area contributed by atoms with Crippen molar-refractivity contribution in [2.24, 2.45) is 0 Å². The summed E-state index contributed by atoms with van der Waals surface area (Å²) in [5.41, 5.74) is 1.41. The maximum Gasteiger partial charge on any atom is 0.119 e. The van der Waals surface area contributed by atoms with Crippen LogP contribution in [0.4, 0.5) is 0 Å².